The van der Waals surface area contributed by atoms with Crippen molar-refractivity contribution in [3.63, 3.8) is 0 Å². The normalized spacial score (nSPS) is 12.3. The minimum atomic E-state index is -0.955. The molecular formula is C18H16FNO2. The van der Waals surface area contributed by atoms with Crippen molar-refractivity contribution in [1.29, 1.82) is 0 Å². The van der Waals surface area contributed by atoms with Crippen molar-refractivity contribution in [2.75, 3.05) is 0 Å². The lowest BCUT2D eigenvalue weighted by Crippen LogP contribution is -1.94. The van der Waals surface area contributed by atoms with Gasteiger partial charge in [-0.1, -0.05) is 24.8 Å². The van der Waals surface area contributed by atoms with E-state index >= 15 is 0 Å². The van der Waals surface area contributed by atoms with Crippen molar-refractivity contribution in [3.05, 3.63) is 78.9 Å². The first-order chi connectivity index (χ1) is 10.5. The van der Waals surface area contributed by atoms with Crippen LogP contribution in [0.4, 0.5) is 4.39 Å². The molecule has 112 valence electrons. The number of aromatic carboxylic acids is 1. The van der Waals surface area contributed by atoms with Gasteiger partial charge in [-0.2, -0.15) is 0 Å². The van der Waals surface area contributed by atoms with Gasteiger partial charge >= 0.3 is 5.97 Å². The number of carbonyl (C=O) groups is 1. The van der Waals surface area contributed by atoms with E-state index in [1.54, 1.807) is 41.0 Å². The smallest absolute Gasteiger partial charge is 0.335 e. The molecule has 0 amide bonds. The second kappa shape index (κ2) is 6.72. The van der Waals surface area contributed by atoms with Gasteiger partial charge in [0.05, 0.1) is 11.4 Å². The highest BCUT2D eigenvalue weighted by Gasteiger charge is 2.05. The van der Waals surface area contributed by atoms with Crippen molar-refractivity contribution in [1.82, 2.24) is 4.57 Å². The van der Waals surface area contributed by atoms with E-state index in [1.807, 2.05) is 18.5 Å². The van der Waals surface area contributed by atoms with Gasteiger partial charge in [0.25, 0.3) is 0 Å². The van der Waals surface area contributed by atoms with E-state index in [0.29, 0.717) is 5.70 Å². The summed E-state index contributed by atoms with van der Waals surface area (Å²) < 4.78 is 14.9. The number of halogens is 1. The van der Waals surface area contributed by atoms with Crippen LogP contribution in [0.5, 0.6) is 0 Å². The number of carboxylic acid groups (broad SMARTS) is 1. The molecule has 0 fully saturated rings. The highest BCUT2D eigenvalue weighted by atomic mass is 19.1. The van der Waals surface area contributed by atoms with Crippen molar-refractivity contribution >= 4 is 11.7 Å². The third-order valence-corrected chi connectivity index (χ3v) is 3.09. The fourth-order valence-electron chi connectivity index (χ4n) is 2.07. The lowest BCUT2D eigenvalue weighted by Gasteiger charge is -2.03. The van der Waals surface area contributed by atoms with Crippen LogP contribution in [0.2, 0.25) is 0 Å². The van der Waals surface area contributed by atoms with Crippen LogP contribution in [0.25, 0.3) is 16.8 Å². The van der Waals surface area contributed by atoms with E-state index in [4.69, 9.17) is 5.11 Å². The molecule has 0 saturated heterocycles. The number of hydrogen-bond acceptors (Lipinski definition) is 1. The molecule has 0 unspecified atom stereocenters. The Bertz CT molecular complexity index is 748. The second-order valence-corrected chi connectivity index (χ2v) is 4.75. The van der Waals surface area contributed by atoms with Gasteiger partial charge < -0.3 is 9.67 Å². The zero-order valence-electron chi connectivity index (χ0n) is 12.2. The predicted octanol–water partition coefficient (Wildman–Crippen LogP) is 4.75. The molecule has 0 aliphatic carbocycles. The van der Waals surface area contributed by atoms with E-state index in [1.165, 1.54) is 13.0 Å². The van der Waals surface area contributed by atoms with Crippen LogP contribution >= 0.6 is 0 Å². The maximum Gasteiger partial charge on any atom is 0.335 e. The van der Waals surface area contributed by atoms with Crippen molar-refractivity contribution < 1.29 is 14.3 Å². The van der Waals surface area contributed by atoms with Crippen molar-refractivity contribution in [2.24, 2.45) is 0 Å². The van der Waals surface area contributed by atoms with Crippen molar-refractivity contribution in [3.8, 4) is 11.1 Å². The van der Waals surface area contributed by atoms with Crippen LogP contribution in [0.1, 0.15) is 17.3 Å². The molecule has 0 aliphatic heterocycles. The molecule has 0 bridgehead atoms. The topological polar surface area (TPSA) is 42.2 Å². The molecule has 2 aromatic rings. The first kappa shape index (κ1) is 15.5. The molecule has 4 heteroatoms. The first-order valence-electron chi connectivity index (χ1n) is 6.70. The van der Waals surface area contributed by atoms with Gasteiger partial charge in [-0.05, 0) is 48.4 Å². The Hall–Kier alpha value is -2.88. The maximum absolute atomic E-state index is 13.1. The minimum absolute atomic E-state index is 0.242. The number of hydrogen-bond donors (Lipinski definition) is 1. The number of rotatable bonds is 5. The van der Waals surface area contributed by atoms with Crippen LogP contribution in [-0.4, -0.2) is 15.6 Å². The Morgan fingerprint density at radius 3 is 2.45 bits per heavy atom. The molecule has 0 spiro atoms. The van der Waals surface area contributed by atoms with Gasteiger partial charge in [-0.3, -0.25) is 0 Å². The van der Waals surface area contributed by atoms with Gasteiger partial charge in [0, 0.05) is 18.1 Å². The average Bonchev–Trinajstić information content (AvgIpc) is 2.96. The predicted molar refractivity (Wildman–Crippen MR) is 86.2 cm³/mol. The third-order valence-electron chi connectivity index (χ3n) is 3.09. The highest BCUT2D eigenvalue weighted by Crippen LogP contribution is 2.23. The lowest BCUT2D eigenvalue weighted by atomic mass is 10.1. The Kier molecular flexibility index (Phi) is 4.73. The van der Waals surface area contributed by atoms with E-state index in [-0.39, 0.29) is 11.4 Å². The third kappa shape index (κ3) is 3.61. The molecule has 22 heavy (non-hydrogen) atoms. The average molecular weight is 297 g/mol. The van der Waals surface area contributed by atoms with E-state index in [9.17, 15) is 9.18 Å². The van der Waals surface area contributed by atoms with Crippen LogP contribution in [0.15, 0.2) is 73.4 Å². The van der Waals surface area contributed by atoms with Gasteiger partial charge in [-0.15, -0.1) is 0 Å². The van der Waals surface area contributed by atoms with Gasteiger partial charge in [0.15, 0.2) is 0 Å². The number of allylic oxidation sites excluding steroid dienone is 5. The van der Waals surface area contributed by atoms with Crippen LogP contribution in [-0.2, 0) is 0 Å². The highest BCUT2D eigenvalue weighted by molar-refractivity contribution is 5.88. The molecule has 0 saturated carbocycles. The molecule has 2 rings (SSSR count). The number of carboxylic acids is 1. The van der Waals surface area contributed by atoms with Crippen LogP contribution in [0, 0.1) is 0 Å². The summed E-state index contributed by atoms with van der Waals surface area (Å²) in [7, 11) is 0. The molecule has 1 heterocycles. The molecule has 1 N–H and O–H groups in total. The van der Waals surface area contributed by atoms with Crippen LogP contribution < -0.4 is 0 Å². The standard InChI is InChI=1S/C18H16FNO2/c1-3-4-17(11-13(2)19)20-10-9-16(12-20)14-5-7-15(8-6-14)18(21)22/h3-12H,1H2,2H3,(H,21,22)/b13-11+,17-4+. The van der Waals surface area contributed by atoms with E-state index in [2.05, 4.69) is 6.58 Å². The Labute approximate surface area is 128 Å². The lowest BCUT2D eigenvalue weighted by molar-refractivity contribution is 0.0697. The molecule has 3 nitrogen and oxygen atoms in total. The molecule has 1 aromatic carbocycles. The monoisotopic (exact) mass is 297 g/mol. The molecule has 0 radical (unpaired) electrons. The van der Waals surface area contributed by atoms with Gasteiger partial charge in [0.2, 0.25) is 0 Å². The number of nitrogens with zero attached hydrogens (tertiary/aromatic N) is 1. The van der Waals surface area contributed by atoms with Gasteiger partial charge in [-0.25, -0.2) is 9.18 Å². The number of benzene rings is 1. The largest absolute Gasteiger partial charge is 0.478 e. The second-order valence-electron chi connectivity index (χ2n) is 4.75. The fraction of sp³-hybridized carbons (Fsp3) is 0.0556. The Balaban J connectivity index is 2.34. The summed E-state index contributed by atoms with van der Waals surface area (Å²) in [6.45, 7) is 5.01. The summed E-state index contributed by atoms with van der Waals surface area (Å²) in [6, 6.07) is 8.49. The van der Waals surface area contributed by atoms with Gasteiger partial charge in [0.1, 0.15) is 0 Å². The molecule has 0 atom stereocenters. The quantitative estimate of drug-likeness (QED) is 0.809. The summed E-state index contributed by atoms with van der Waals surface area (Å²) in [5.41, 5.74) is 2.70. The minimum Gasteiger partial charge on any atom is -0.478 e. The summed E-state index contributed by atoms with van der Waals surface area (Å²) in [6.07, 6.45) is 8.38. The first-order valence-corrected chi connectivity index (χ1v) is 6.70. The summed E-state index contributed by atoms with van der Waals surface area (Å²) in [4.78, 5) is 10.9. The fourth-order valence-corrected chi connectivity index (χ4v) is 2.07. The summed E-state index contributed by atoms with van der Waals surface area (Å²) >= 11 is 0. The Morgan fingerprint density at radius 2 is 1.91 bits per heavy atom. The zero-order chi connectivity index (χ0) is 16.1. The molecular weight excluding hydrogens is 281 g/mol. The number of aromatic nitrogens is 1. The summed E-state index contributed by atoms with van der Waals surface area (Å²) in [5.74, 6) is -1.25. The van der Waals surface area contributed by atoms with E-state index in [0.717, 1.165) is 11.1 Å². The molecule has 0 aliphatic rings. The zero-order valence-corrected chi connectivity index (χ0v) is 12.2. The van der Waals surface area contributed by atoms with Crippen LogP contribution in [0.3, 0.4) is 0 Å². The van der Waals surface area contributed by atoms with E-state index < -0.39 is 5.97 Å². The molecule has 1 aromatic heterocycles. The van der Waals surface area contributed by atoms with Crippen molar-refractivity contribution in [2.45, 2.75) is 6.92 Å². The SMILES string of the molecule is C=C/C=C(\C=C(/C)F)n1ccc(-c2ccc(C(=O)O)cc2)c1. The maximum atomic E-state index is 13.1. The Morgan fingerprint density at radius 1 is 1.23 bits per heavy atom. The summed E-state index contributed by atoms with van der Waals surface area (Å²) in [5, 5.41) is 8.90.